The number of rotatable bonds is 1. The Morgan fingerprint density at radius 1 is 1.80 bits per heavy atom. The molecule has 0 heterocycles. The second kappa shape index (κ2) is 2.39. The molecule has 1 rings (SSSR count). The molecule has 0 aromatic rings. The molecule has 0 aliphatic heterocycles. The lowest BCUT2D eigenvalue weighted by molar-refractivity contribution is -0.105. The van der Waals surface area contributed by atoms with E-state index in [1.165, 1.54) is 0 Å². The molecule has 0 aromatic heterocycles. The second-order valence-electron chi connectivity index (χ2n) is 2.75. The summed E-state index contributed by atoms with van der Waals surface area (Å²) in [6.45, 7) is 1.68. The summed E-state index contributed by atoms with van der Waals surface area (Å²) in [5.74, 6) is 0. The van der Waals surface area contributed by atoms with Crippen LogP contribution in [0.3, 0.4) is 0 Å². The average Bonchev–Trinajstić information content (AvgIpc) is 1.86. The van der Waals surface area contributed by atoms with Gasteiger partial charge in [-0.05, 0) is 12.5 Å². The van der Waals surface area contributed by atoms with E-state index in [2.05, 4.69) is 0 Å². The minimum absolute atomic E-state index is 0.424. The van der Waals surface area contributed by atoms with Crippen molar-refractivity contribution in [2.45, 2.75) is 18.9 Å². The Bertz CT molecular complexity index is 199. The summed E-state index contributed by atoms with van der Waals surface area (Å²) in [6, 6.07) is 0. The number of allylic oxidation sites excluding steroid dienone is 2. The molecule has 0 amide bonds. The van der Waals surface area contributed by atoms with Crippen molar-refractivity contribution in [3.8, 4) is 0 Å². The van der Waals surface area contributed by atoms with Crippen LogP contribution >= 0.6 is 0 Å². The third-order valence-corrected chi connectivity index (χ3v) is 1.48. The first-order chi connectivity index (χ1) is 4.64. The maximum Gasteiger partial charge on any atom is 0.146 e. The van der Waals surface area contributed by atoms with Crippen LogP contribution in [0.2, 0.25) is 0 Å². The van der Waals surface area contributed by atoms with Crippen molar-refractivity contribution in [1.82, 2.24) is 0 Å². The first-order valence-corrected chi connectivity index (χ1v) is 3.20. The molecule has 0 saturated carbocycles. The molecule has 0 saturated heterocycles. The lowest BCUT2D eigenvalue weighted by Gasteiger charge is -2.20. The highest BCUT2D eigenvalue weighted by Gasteiger charge is 2.19. The summed E-state index contributed by atoms with van der Waals surface area (Å²) in [7, 11) is 0. The van der Waals surface area contributed by atoms with Gasteiger partial charge < -0.3 is 5.11 Å². The molecule has 2 heteroatoms. The van der Waals surface area contributed by atoms with Crippen molar-refractivity contribution in [2.75, 3.05) is 0 Å². The van der Waals surface area contributed by atoms with Gasteiger partial charge in [0.2, 0.25) is 0 Å². The fraction of sp³-hybridized carbons (Fsp3) is 0.375. The van der Waals surface area contributed by atoms with Crippen LogP contribution in [0.15, 0.2) is 23.8 Å². The van der Waals surface area contributed by atoms with Crippen LogP contribution < -0.4 is 0 Å². The van der Waals surface area contributed by atoms with Gasteiger partial charge in [-0.15, -0.1) is 0 Å². The Kier molecular flexibility index (Phi) is 1.72. The van der Waals surface area contributed by atoms with E-state index in [9.17, 15) is 9.90 Å². The summed E-state index contributed by atoms with van der Waals surface area (Å²) >= 11 is 0. The molecule has 54 valence electrons. The molecule has 1 unspecified atom stereocenters. The molecule has 1 N–H and O–H groups in total. The van der Waals surface area contributed by atoms with Crippen LogP contribution in [0, 0.1) is 0 Å². The molecule has 2 nitrogen and oxygen atoms in total. The normalized spacial score (nSPS) is 31.6. The van der Waals surface area contributed by atoms with Crippen LogP contribution in [-0.2, 0) is 4.79 Å². The lowest BCUT2D eigenvalue weighted by atomic mass is 9.92. The van der Waals surface area contributed by atoms with E-state index in [1.54, 1.807) is 25.2 Å². The molecule has 0 fully saturated rings. The molecule has 1 atom stereocenters. The molecule has 0 aromatic carbocycles. The van der Waals surface area contributed by atoms with Crippen LogP contribution in [0.25, 0.3) is 0 Å². The van der Waals surface area contributed by atoms with Crippen LogP contribution in [0.5, 0.6) is 0 Å². The summed E-state index contributed by atoms with van der Waals surface area (Å²) in [5.41, 5.74) is -0.183. The van der Waals surface area contributed by atoms with Gasteiger partial charge in [0, 0.05) is 6.42 Å². The molecule has 1 aliphatic rings. The molecule has 1 aliphatic carbocycles. The third kappa shape index (κ3) is 1.54. The van der Waals surface area contributed by atoms with Crippen molar-refractivity contribution < 1.29 is 9.90 Å². The van der Waals surface area contributed by atoms with E-state index in [-0.39, 0.29) is 0 Å². The number of carbonyl (C=O) groups excluding carboxylic acids is 1. The standard InChI is InChI=1S/C8H10O2/c1-8(10)4-2-3-7(5-8)6-9/h2-4,6,10H,5H2,1H3. The van der Waals surface area contributed by atoms with Crippen molar-refractivity contribution in [2.24, 2.45) is 0 Å². The Labute approximate surface area is 59.9 Å². The van der Waals surface area contributed by atoms with Gasteiger partial charge in [-0.25, -0.2) is 0 Å². The van der Waals surface area contributed by atoms with Gasteiger partial charge in [-0.2, -0.15) is 0 Å². The van der Waals surface area contributed by atoms with Crippen molar-refractivity contribution in [3.63, 3.8) is 0 Å². The monoisotopic (exact) mass is 138 g/mol. The third-order valence-electron chi connectivity index (χ3n) is 1.48. The maximum atomic E-state index is 10.2. The zero-order valence-electron chi connectivity index (χ0n) is 5.87. The summed E-state index contributed by atoms with van der Waals surface area (Å²) in [4.78, 5) is 10.2. The number of hydrogen-bond acceptors (Lipinski definition) is 2. The van der Waals surface area contributed by atoms with Crippen molar-refractivity contribution in [3.05, 3.63) is 23.8 Å². The smallest absolute Gasteiger partial charge is 0.146 e. The second-order valence-corrected chi connectivity index (χ2v) is 2.75. The zero-order valence-corrected chi connectivity index (χ0v) is 5.87. The fourth-order valence-electron chi connectivity index (χ4n) is 0.991. The Morgan fingerprint density at radius 3 is 2.90 bits per heavy atom. The topological polar surface area (TPSA) is 37.3 Å². The Morgan fingerprint density at radius 2 is 2.50 bits per heavy atom. The lowest BCUT2D eigenvalue weighted by Crippen LogP contribution is -2.23. The van der Waals surface area contributed by atoms with Crippen LogP contribution in [0.1, 0.15) is 13.3 Å². The van der Waals surface area contributed by atoms with Gasteiger partial charge in [-0.1, -0.05) is 18.2 Å². The highest BCUT2D eigenvalue weighted by Crippen LogP contribution is 2.20. The number of hydrogen-bond donors (Lipinski definition) is 1. The van der Waals surface area contributed by atoms with Gasteiger partial charge in [0.25, 0.3) is 0 Å². The van der Waals surface area contributed by atoms with Gasteiger partial charge in [-0.3, -0.25) is 4.79 Å². The van der Waals surface area contributed by atoms with E-state index < -0.39 is 5.60 Å². The summed E-state index contributed by atoms with van der Waals surface area (Å²) in [5, 5.41) is 9.39. The zero-order chi connectivity index (χ0) is 7.61. The SMILES string of the molecule is CC1(O)C=CC=C(C=O)C1. The minimum Gasteiger partial charge on any atom is -0.386 e. The number of carbonyl (C=O) groups is 1. The Balaban J connectivity index is 2.77. The molecule has 0 spiro atoms. The van der Waals surface area contributed by atoms with Gasteiger partial charge >= 0.3 is 0 Å². The Hall–Kier alpha value is -0.890. The van der Waals surface area contributed by atoms with E-state index in [0.717, 1.165) is 6.29 Å². The number of aldehydes is 1. The van der Waals surface area contributed by atoms with E-state index in [1.807, 2.05) is 0 Å². The minimum atomic E-state index is -0.828. The highest BCUT2D eigenvalue weighted by atomic mass is 16.3. The fourth-order valence-corrected chi connectivity index (χ4v) is 0.991. The molecular weight excluding hydrogens is 128 g/mol. The maximum absolute atomic E-state index is 10.2. The summed E-state index contributed by atoms with van der Waals surface area (Å²) < 4.78 is 0. The van der Waals surface area contributed by atoms with Crippen LogP contribution in [0.4, 0.5) is 0 Å². The average molecular weight is 138 g/mol. The first kappa shape index (κ1) is 7.22. The highest BCUT2D eigenvalue weighted by molar-refractivity contribution is 5.74. The van der Waals surface area contributed by atoms with Gasteiger partial charge in [0.1, 0.15) is 6.29 Å². The van der Waals surface area contributed by atoms with Crippen molar-refractivity contribution >= 4 is 6.29 Å². The molecule has 0 bridgehead atoms. The van der Waals surface area contributed by atoms with Gasteiger partial charge in [0.15, 0.2) is 0 Å². The van der Waals surface area contributed by atoms with Gasteiger partial charge in [0.05, 0.1) is 5.60 Å². The van der Waals surface area contributed by atoms with Crippen LogP contribution in [-0.4, -0.2) is 17.0 Å². The molecule has 0 radical (unpaired) electrons. The van der Waals surface area contributed by atoms with E-state index >= 15 is 0 Å². The predicted molar refractivity (Wildman–Crippen MR) is 38.5 cm³/mol. The molecular formula is C8H10O2. The largest absolute Gasteiger partial charge is 0.386 e. The van der Waals surface area contributed by atoms with E-state index in [0.29, 0.717) is 12.0 Å². The van der Waals surface area contributed by atoms with Crippen molar-refractivity contribution in [1.29, 1.82) is 0 Å². The quantitative estimate of drug-likeness (QED) is 0.545. The predicted octanol–water partition coefficient (Wildman–Crippen LogP) is 0.823. The first-order valence-electron chi connectivity index (χ1n) is 3.20. The molecule has 10 heavy (non-hydrogen) atoms. The van der Waals surface area contributed by atoms with E-state index in [4.69, 9.17) is 0 Å². The number of aliphatic hydroxyl groups is 1. The summed E-state index contributed by atoms with van der Waals surface area (Å²) in [6.07, 6.45) is 6.29.